The molecule has 0 aromatic carbocycles. The zero-order valence-electron chi connectivity index (χ0n) is 25.4. The predicted octanol–water partition coefficient (Wildman–Crippen LogP) is 7.80. The monoisotopic (exact) mass is 564 g/mol. The molecule has 0 aromatic heterocycles. The lowest BCUT2D eigenvalue weighted by atomic mass is 10.1. The number of rotatable bonds is 29. The number of phosphoric ester groups is 1. The third kappa shape index (κ3) is 28.7. The van der Waals surface area contributed by atoms with Gasteiger partial charge in [0.15, 0.2) is 0 Å². The van der Waals surface area contributed by atoms with Crippen molar-refractivity contribution in [3.63, 3.8) is 0 Å². The van der Waals surface area contributed by atoms with E-state index in [1.807, 2.05) is 21.1 Å². The zero-order valence-corrected chi connectivity index (χ0v) is 26.3. The van der Waals surface area contributed by atoms with Gasteiger partial charge in [0.05, 0.1) is 34.4 Å². The molecule has 0 radical (unpaired) electrons. The maximum atomic E-state index is 12.0. The van der Waals surface area contributed by atoms with Gasteiger partial charge in [-0.3, -0.25) is 9.05 Å². The van der Waals surface area contributed by atoms with Crippen LogP contribution in [0.1, 0.15) is 122 Å². The van der Waals surface area contributed by atoms with Crippen LogP contribution in [-0.2, 0) is 18.3 Å². The average molecular weight is 565 g/mol. The SMILES string of the molecule is CCCCCCCCC=CCCCCCCCCCCCCOC[C@H](CO)OP(=O)(O)OCC[N+](C)(C)C. The third-order valence-electron chi connectivity index (χ3n) is 6.61. The number of allylic oxidation sites excluding steroid dienone is 2. The normalized spacial score (nSPS) is 14.8. The van der Waals surface area contributed by atoms with E-state index < -0.39 is 13.9 Å². The van der Waals surface area contributed by atoms with Crippen molar-refractivity contribution in [3.8, 4) is 0 Å². The van der Waals surface area contributed by atoms with Gasteiger partial charge in [0.1, 0.15) is 19.3 Å². The van der Waals surface area contributed by atoms with Gasteiger partial charge >= 0.3 is 7.82 Å². The summed E-state index contributed by atoms with van der Waals surface area (Å²) in [7, 11) is 1.70. The van der Waals surface area contributed by atoms with Gasteiger partial charge < -0.3 is 19.2 Å². The number of unbranched alkanes of at least 4 members (excludes halogenated alkanes) is 16. The molecule has 0 spiro atoms. The van der Waals surface area contributed by atoms with Gasteiger partial charge in [0.25, 0.3) is 0 Å². The van der Waals surface area contributed by atoms with E-state index in [4.69, 9.17) is 13.8 Å². The lowest BCUT2D eigenvalue weighted by molar-refractivity contribution is -0.870. The average Bonchev–Trinajstić information content (AvgIpc) is 2.85. The van der Waals surface area contributed by atoms with Crippen molar-refractivity contribution in [2.24, 2.45) is 0 Å². The smallest absolute Gasteiger partial charge is 0.394 e. The lowest BCUT2D eigenvalue weighted by Gasteiger charge is -2.24. The zero-order chi connectivity index (χ0) is 28.4. The van der Waals surface area contributed by atoms with Crippen LogP contribution in [0, 0.1) is 0 Å². The van der Waals surface area contributed by atoms with E-state index in [0.29, 0.717) is 17.6 Å². The van der Waals surface area contributed by atoms with Crippen LogP contribution in [0.25, 0.3) is 0 Å². The Morgan fingerprint density at radius 1 is 0.737 bits per heavy atom. The van der Waals surface area contributed by atoms with Crippen LogP contribution in [0.3, 0.4) is 0 Å². The summed E-state index contributed by atoms with van der Waals surface area (Å²) >= 11 is 0. The van der Waals surface area contributed by atoms with Crippen molar-refractivity contribution >= 4 is 7.82 Å². The van der Waals surface area contributed by atoms with E-state index in [1.54, 1.807) is 0 Å². The molecule has 1 unspecified atom stereocenters. The Balaban J connectivity index is 3.47. The fourth-order valence-electron chi connectivity index (χ4n) is 4.14. The third-order valence-corrected chi connectivity index (χ3v) is 7.68. The van der Waals surface area contributed by atoms with Crippen LogP contribution in [0.5, 0.6) is 0 Å². The Morgan fingerprint density at radius 3 is 1.68 bits per heavy atom. The first-order valence-corrected chi connectivity index (χ1v) is 17.0. The second-order valence-electron chi connectivity index (χ2n) is 11.7. The first-order chi connectivity index (χ1) is 18.2. The number of phosphoric acid groups is 1. The molecule has 0 aliphatic carbocycles. The summed E-state index contributed by atoms with van der Waals surface area (Å²) in [5, 5.41) is 9.42. The molecule has 2 atom stereocenters. The Hall–Kier alpha value is -0.270. The summed E-state index contributed by atoms with van der Waals surface area (Å²) in [5.41, 5.74) is 0. The van der Waals surface area contributed by atoms with Crippen LogP contribution >= 0.6 is 7.82 Å². The standard InChI is InChI=1S/C30H62NO6P/c1-5-6-7-8-9-10-11-12-13-14-15-16-17-18-19-20-21-22-23-24-26-35-29-30(28-32)37-38(33,34)36-27-25-31(2,3)4/h12-13,30,32H,5-11,14-29H2,1-4H3/p+1/t30-/m0/s1. The Bertz CT molecular complexity index is 582. The van der Waals surface area contributed by atoms with Crippen molar-refractivity contribution < 1.29 is 32.8 Å². The summed E-state index contributed by atoms with van der Waals surface area (Å²) in [6.45, 7) is 3.20. The van der Waals surface area contributed by atoms with E-state index in [-0.39, 0.29) is 19.8 Å². The van der Waals surface area contributed by atoms with E-state index in [9.17, 15) is 14.6 Å². The maximum absolute atomic E-state index is 12.0. The number of quaternary nitrogens is 1. The summed E-state index contributed by atoms with van der Waals surface area (Å²) in [6.07, 6.45) is 27.3. The molecule has 2 N–H and O–H groups in total. The van der Waals surface area contributed by atoms with Gasteiger partial charge in [-0.15, -0.1) is 0 Å². The van der Waals surface area contributed by atoms with Crippen LogP contribution in [0.15, 0.2) is 12.2 Å². The number of aliphatic hydroxyl groups excluding tert-OH is 1. The molecule has 0 bridgehead atoms. The van der Waals surface area contributed by atoms with Gasteiger partial charge in [-0.25, -0.2) is 4.57 Å². The molecule has 0 amide bonds. The van der Waals surface area contributed by atoms with Crippen molar-refractivity contribution in [1.82, 2.24) is 0 Å². The second kappa shape index (κ2) is 25.7. The number of ether oxygens (including phenoxy) is 1. The molecule has 38 heavy (non-hydrogen) atoms. The first kappa shape index (κ1) is 37.7. The highest BCUT2D eigenvalue weighted by molar-refractivity contribution is 7.47. The number of likely N-dealkylation sites (N-methyl/N-ethyl adjacent to an activating group) is 1. The van der Waals surface area contributed by atoms with Crippen LogP contribution in [0.2, 0.25) is 0 Å². The largest absolute Gasteiger partial charge is 0.472 e. The molecule has 0 saturated heterocycles. The van der Waals surface area contributed by atoms with Crippen molar-refractivity contribution in [1.29, 1.82) is 0 Å². The van der Waals surface area contributed by atoms with E-state index in [1.165, 1.54) is 103 Å². The quantitative estimate of drug-likeness (QED) is 0.0417. The van der Waals surface area contributed by atoms with Gasteiger partial charge in [-0.1, -0.05) is 103 Å². The van der Waals surface area contributed by atoms with E-state index in [0.717, 1.165) is 12.8 Å². The molecule has 8 heteroatoms. The Labute approximate surface area is 235 Å². The summed E-state index contributed by atoms with van der Waals surface area (Å²) in [6, 6.07) is 0. The van der Waals surface area contributed by atoms with E-state index >= 15 is 0 Å². The number of aliphatic hydroxyl groups is 1. The van der Waals surface area contributed by atoms with Crippen molar-refractivity contribution in [2.45, 2.75) is 129 Å². The first-order valence-electron chi connectivity index (χ1n) is 15.5. The summed E-state index contributed by atoms with van der Waals surface area (Å²) in [5.74, 6) is 0. The maximum Gasteiger partial charge on any atom is 0.472 e. The molecular formula is C30H63NO6P+. The fraction of sp³-hybridized carbons (Fsp3) is 0.933. The minimum absolute atomic E-state index is 0.0780. The fourth-order valence-corrected chi connectivity index (χ4v) is 5.02. The highest BCUT2D eigenvalue weighted by Crippen LogP contribution is 2.44. The van der Waals surface area contributed by atoms with Crippen molar-refractivity contribution in [2.75, 3.05) is 54.1 Å². The molecule has 0 rings (SSSR count). The summed E-state index contributed by atoms with van der Waals surface area (Å²) < 4.78 is 28.2. The van der Waals surface area contributed by atoms with Crippen LogP contribution < -0.4 is 0 Å². The van der Waals surface area contributed by atoms with Gasteiger partial charge in [0, 0.05) is 6.61 Å². The Kier molecular flexibility index (Phi) is 25.5. The molecule has 0 aromatic rings. The molecule has 0 aliphatic heterocycles. The number of hydrogen-bond donors (Lipinski definition) is 2. The predicted molar refractivity (Wildman–Crippen MR) is 159 cm³/mol. The molecule has 0 heterocycles. The minimum atomic E-state index is -4.20. The molecule has 0 saturated carbocycles. The van der Waals surface area contributed by atoms with Crippen LogP contribution in [-0.4, -0.2) is 74.7 Å². The number of nitrogens with zero attached hydrogens (tertiary/aromatic N) is 1. The Morgan fingerprint density at radius 2 is 1.21 bits per heavy atom. The highest BCUT2D eigenvalue weighted by atomic mass is 31.2. The van der Waals surface area contributed by atoms with Gasteiger partial charge in [-0.2, -0.15) is 0 Å². The summed E-state index contributed by atoms with van der Waals surface area (Å²) in [4.78, 5) is 9.83. The molecular weight excluding hydrogens is 501 g/mol. The number of hydrogen-bond acceptors (Lipinski definition) is 5. The molecule has 0 aliphatic rings. The second-order valence-corrected chi connectivity index (χ2v) is 13.1. The van der Waals surface area contributed by atoms with Gasteiger partial charge in [0.2, 0.25) is 0 Å². The molecule has 0 fully saturated rings. The van der Waals surface area contributed by atoms with Crippen LogP contribution in [0.4, 0.5) is 0 Å². The highest BCUT2D eigenvalue weighted by Gasteiger charge is 2.27. The topological polar surface area (TPSA) is 85.2 Å². The van der Waals surface area contributed by atoms with Gasteiger partial charge in [-0.05, 0) is 32.1 Å². The molecule has 228 valence electrons. The lowest BCUT2D eigenvalue weighted by Crippen LogP contribution is -2.37. The van der Waals surface area contributed by atoms with E-state index in [2.05, 4.69) is 19.1 Å². The molecule has 7 nitrogen and oxygen atoms in total. The minimum Gasteiger partial charge on any atom is -0.394 e. The van der Waals surface area contributed by atoms with Crippen molar-refractivity contribution in [3.05, 3.63) is 12.2 Å².